The Kier molecular flexibility index (Phi) is 4.20. The lowest BCUT2D eigenvalue weighted by Gasteiger charge is -2.13. The fourth-order valence-electron chi connectivity index (χ4n) is 2.58. The van der Waals surface area contributed by atoms with Gasteiger partial charge in [-0.15, -0.1) is 0 Å². The summed E-state index contributed by atoms with van der Waals surface area (Å²) in [7, 11) is 1.35. The summed E-state index contributed by atoms with van der Waals surface area (Å²) in [5, 5.41) is 4.49. The van der Waals surface area contributed by atoms with Crippen LogP contribution in [-0.4, -0.2) is 27.3 Å². The van der Waals surface area contributed by atoms with Gasteiger partial charge in [0, 0.05) is 17.8 Å². The summed E-state index contributed by atoms with van der Waals surface area (Å²) >= 11 is 0. The van der Waals surface area contributed by atoms with E-state index in [-0.39, 0.29) is 16.9 Å². The van der Waals surface area contributed by atoms with E-state index in [9.17, 15) is 9.59 Å². The molecule has 3 rings (SSSR count). The number of hydrogen-bond acceptors (Lipinski definition) is 4. The molecule has 0 atom stereocenters. The molecule has 6 heteroatoms. The van der Waals surface area contributed by atoms with Crippen LogP contribution in [0.3, 0.4) is 0 Å². The monoisotopic (exact) mass is 339 g/mol. The van der Waals surface area contributed by atoms with E-state index in [0.29, 0.717) is 17.6 Å². The third-order valence-corrected chi connectivity index (χ3v) is 4.10. The van der Waals surface area contributed by atoms with E-state index >= 15 is 0 Å². The zero-order chi connectivity index (χ0) is 18.2. The van der Waals surface area contributed by atoms with E-state index in [4.69, 9.17) is 0 Å². The van der Waals surface area contributed by atoms with Crippen molar-refractivity contribution in [3.63, 3.8) is 0 Å². The molecule has 0 spiro atoms. The molecule has 0 fully saturated rings. The van der Waals surface area contributed by atoms with Gasteiger partial charge in [0.1, 0.15) is 5.52 Å². The molecule has 0 aliphatic rings. The van der Waals surface area contributed by atoms with Crippen LogP contribution in [0.1, 0.15) is 42.4 Å². The summed E-state index contributed by atoms with van der Waals surface area (Å²) in [6.45, 7) is 6.62. The number of aromatic nitrogens is 3. The van der Waals surface area contributed by atoms with Crippen molar-refractivity contribution in [2.24, 2.45) is 0 Å². The molecule has 0 bridgehead atoms. The Hall–Kier alpha value is -2.89. The van der Waals surface area contributed by atoms with Gasteiger partial charge in [0.05, 0.1) is 24.9 Å². The molecule has 3 aromatic rings. The van der Waals surface area contributed by atoms with E-state index in [2.05, 4.69) is 30.6 Å². The first kappa shape index (κ1) is 17.0. The fourth-order valence-corrected chi connectivity index (χ4v) is 2.58. The molecule has 1 aromatic carbocycles. The number of methoxy groups -OCH3 is 1. The molecule has 2 heterocycles. The number of benzene rings is 1. The van der Waals surface area contributed by atoms with Crippen LogP contribution in [0.15, 0.2) is 47.5 Å². The zero-order valence-corrected chi connectivity index (χ0v) is 14.8. The number of hydrogen-bond donors (Lipinski definition) is 0. The van der Waals surface area contributed by atoms with Gasteiger partial charge in [-0.25, -0.2) is 9.31 Å². The standard InChI is InChI=1S/C19H21N3O3/c1-19(2,3)16-11-15-17(23)21(9-10-22(15)20-16)12-13-5-7-14(8-6-13)18(24)25-4/h5-11H,12H2,1-4H3. The smallest absolute Gasteiger partial charge is 0.337 e. The third-order valence-electron chi connectivity index (χ3n) is 4.10. The van der Waals surface area contributed by atoms with Crippen LogP contribution in [0.4, 0.5) is 0 Å². The lowest BCUT2D eigenvalue weighted by Crippen LogP contribution is -2.21. The van der Waals surface area contributed by atoms with Gasteiger partial charge in [0.2, 0.25) is 0 Å². The van der Waals surface area contributed by atoms with Gasteiger partial charge < -0.3 is 9.30 Å². The molecule has 0 saturated heterocycles. The van der Waals surface area contributed by atoms with Crippen molar-refractivity contribution in [3.8, 4) is 0 Å². The number of ether oxygens (including phenoxy) is 1. The first-order chi connectivity index (χ1) is 11.8. The quantitative estimate of drug-likeness (QED) is 0.688. The lowest BCUT2D eigenvalue weighted by atomic mass is 9.92. The molecule has 0 amide bonds. The normalized spacial score (nSPS) is 11.7. The average Bonchev–Trinajstić information content (AvgIpc) is 3.03. The van der Waals surface area contributed by atoms with Gasteiger partial charge in [-0.05, 0) is 23.8 Å². The van der Waals surface area contributed by atoms with Gasteiger partial charge in [0.15, 0.2) is 0 Å². The second kappa shape index (κ2) is 6.20. The van der Waals surface area contributed by atoms with Crippen molar-refractivity contribution >= 4 is 11.5 Å². The predicted octanol–water partition coefficient (Wildman–Crippen LogP) is 2.63. The molecule has 25 heavy (non-hydrogen) atoms. The number of rotatable bonds is 3. The van der Waals surface area contributed by atoms with Gasteiger partial charge in [-0.1, -0.05) is 32.9 Å². The number of carbonyl (C=O) groups is 1. The summed E-state index contributed by atoms with van der Waals surface area (Å²) < 4.78 is 7.95. The predicted molar refractivity (Wildman–Crippen MR) is 95.0 cm³/mol. The second-order valence-electron chi connectivity index (χ2n) is 7.03. The highest BCUT2D eigenvalue weighted by Gasteiger charge is 2.19. The van der Waals surface area contributed by atoms with Crippen molar-refractivity contribution < 1.29 is 9.53 Å². The summed E-state index contributed by atoms with van der Waals surface area (Å²) in [6.07, 6.45) is 3.51. The highest BCUT2D eigenvalue weighted by molar-refractivity contribution is 5.89. The zero-order valence-electron chi connectivity index (χ0n) is 14.8. The highest BCUT2D eigenvalue weighted by Crippen LogP contribution is 2.20. The third kappa shape index (κ3) is 3.33. The Bertz CT molecular complexity index is 976. The topological polar surface area (TPSA) is 65.6 Å². The molecule has 130 valence electrons. The number of carbonyl (C=O) groups excluding carboxylic acids is 1. The Balaban J connectivity index is 1.93. The van der Waals surface area contributed by atoms with Crippen molar-refractivity contribution in [2.45, 2.75) is 32.7 Å². The molecule has 2 aromatic heterocycles. The Morgan fingerprint density at radius 1 is 1.16 bits per heavy atom. The molecular formula is C19H21N3O3. The molecule has 6 nitrogen and oxygen atoms in total. The Morgan fingerprint density at radius 3 is 2.44 bits per heavy atom. The van der Waals surface area contributed by atoms with Crippen molar-refractivity contribution in [3.05, 3.63) is 69.9 Å². The van der Waals surface area contributed by atoms with E-state index in [0.717, 1.165) is 11.3 Å². The molecule has 0 aliphatic heterocycles. The summed E-state index contributed by atoms with van der Waals surface area (Å²) in [5.74, 6) is -0.376. The van der Waals surface area contributed by atoms with Gasteiger partial charge in [-0.3, -0.25) is 4.79 Å². The average molecular weight is 339 g/mol. The van der Waals surface area contributed by atoms with Gasteiger partial charge in [-0.2, -0.15) is 5.10 Å². The summed E-state index contributed by atoms with van der Waals surface area (Å²) in [5.41, 5.74) is 2.63. The minimum Gasteiger partial charge on any atom is -0.465 e. The minimum absolute atomic E-state index is 0.0949. The molecule has 0 aliphatic carbocycles. The fraction of sp³-hybridized carbons (Fsp3) is 0.316. The Morgan fingerprint density at radius 2 is 1.84 bits per heavy atom. The lowest BCUT2D eigenvalue weighted by molar-refractivity contribution is 0.0600. The maximum absolute atomic E-state index is 12.7. The van der Waals surface area contributed by atoms with Crippen LogP contribution in [0.25, 0.3) is 5.52 Å². The first-order valence-corrected chi connectivity index (χ1v) is 8.06. The molecule has 0 unspecified atom stereocenters. The van der Waals surface area contributed by atoms with Crippen LogP contribution >= 0.6 is 0 Å². The largest absolute Gasteiger partial charge is 0.465 e. The summed E-state index contributed by atoms with van der Waals surface area (Å²) in [6, 6.07) is 8.88. The van der Waals surface area contributed by atoms with Crippen molar-refractivity contribution in [1.29, 1.82) is 0 Å². The number of nitrogens with zero attached hydrogens (tertiary/aromatic N) is 3. The molecule has 0 N–H and O–H groups in total. The van der Waals surface area contributed by atoms with E-state index in [1.165, 1.54) is 7.11 Å². The van der Waals surface area contributed by atoms with Crippen LogP contribution in [0.2, 0.25) is 0 Å². The van der Waals surface area contributed by atoms with Gasteiger partial charge in [0.25, 0.3) is 5.56 Å². The van der Waals surface area contributed by atoms with E-state index < -0.39 is 0 Å². The van der Waals surface area contributed by atoms with Crippen LogP contribution in [0.5, 0.6) is 0 Å². The SMILES string of the molecule is COC(=O)c1ccc(Cn2ccn3nc(C(C)(C)C)cc3c2=O)cc1. The van der Waals surface area contributed by atoms with Gasteiger partial charge >= 0.3 is 5.97 Å². The van der Waals surface area contributed by atoms with Crippen LogP contribution in [-0.2, 0) is 16.7 Å². The van der Waals surface area contributed by atoms with Crippen molar-refractivity contribution in [1.82, 2.24) is 14.2 Å². The molecular weight excluding hydrogens is 318 g/mol. The summed E-state index contributed by atoms with van der Waals surface area (Å²) in [4.78, 5) is 24.2. The Labute approximate surface area is 145 Å². The van der Waals surface area contributed by atoms with Crippen molar-refractivity contribution in [2.75, 3.05) is 7.11 Å². The van der Waals surface area contributed by atoms with Crippen LogP contribution < -0.4 is 5.56 Å². The molecule has 0 radical (unpaired) electrons. The minimum atomic E-state index is -0.376. The highest BCUT2D eigenvalue weighted by atomic mass is 16.5. The van der Waals surface area contributed by atoms with E-state index in [1.807, 2.05) is 18.2 Å². The molecule has 0 saturated carbocycles. The number of esters is 1. The maximum atomic E-state index is 12.7. The second-order valence-corrected chi connectivity index (χ2v) is 7.03. The van der Waals surface area contributed by atoms with E-state index in [1.54, 1.807) is 33.6 Å². The number of fused-ring (bicyclic) bond motifs is 1. The van der Waals surface area contributed by atoms with Crippen LogP contribution in [0, 0.1) is 0 Å². The maximum Gasteiger partial charge on any atom is 0.337 e. The first-order valence-electron chi connectivity index (χ1n) is 8.06.